The maximum Gasteiger partial charge on any atom is 0.321 e. The van der Waals surface area contributed by atoms with Gasteiger partial charge in [0.1, 0.15) is 5.82 Å². The van der Waals surface area contributed by atoms with E-state index >= 15 is 0 Å². The summed E-state index contributed by atoms with van der Waals surface area (Å²) < 4.78 is 2.00. The van der Waals surface area contributed by atoms with E-state index in [1.807, 2.05) is 59.2 Å². The fraction of sp³-hybridized carbons (Fsp3) is 0.280. The van der Waals surface area contributed by atoms with Crippen LogP contribution in [0.1, 0.15) is 11.4 Å². The van der Waals surface area contributed by atoms with Gasteiger partial charge in [0.15, 0.2) is 5.16 Å². The molecule has 1 aliphatic rings. The fourth-order valence-electron chi connectivity index (χ4n) is 3.75. The summed E-state index contributed by atoms with van der Waals surface area (Å²) in [7, 11) is 0. The first-order valence-electron chi connectivity index (χ1n) is 11.2. The van der Waals surface area contributed by atoms with Crippen LogP contribution in [0.3, 0.4) is 0 Å². The monoisotopic (exact) mass is 476 g/mol. The largest absolute Gasteiger partial charge is 0.338 e. The predicted octanol–water partition coefficient (Wildman–Crippen LogP) is 3.52. The number of hydrogen-bond donors (Lipinski definition) is 1. The molecule has 0 unspecified atom stereocenters. The number of benzene rings is 2. The standard InChI is InChI=1S/C25H28N6O2S/c1-2-13-31-22(18-20-9-5-3-6-10-20)27-28-25(31)34-19-23(32)29-14-16-30(17-15-29)24(33)26-21-11-7-4-8-12-21/h2-12H,1,13-19H2,(H,26,33). The third-order valence-corrected chi connectivity index (χ3v) is 6.53. The Morgan fingerprint density at radius 3 is 2.26 bits per heavy atom. The van der Waals surface area contributed by atoms with Crippen molar-refractivity contribution in [1.82, 2.24) is 24.6 Å². The molecule has 1 aromatic heterocycles. The van der Waals surface area contributed by atoms with Gasteiger partial charge >= 0.3 is 6.03 Å². The molecule has 1 aliphatic heterocycles. The van der Waals surface area contributed by atoms with Gasteiger partial charge < -0.3 is 19.7 Å². The van der Waals surface area contributed by atoms with E-state index in [0.29, 0.717) is 44.3 Å². The molecule has 0 atom stereocenters. The highest BCUT2D eigenvalue weighted by Crippen LogP contribution is 2.20. The van der Waals surface area contributed by atoms with Crippen LogP contribution in [0.15, 0.2) is 78.5 Å². The normalized spacial score (nSPS) is 13.5. The zero-order chi connectivity index (χ0) is 23.8. The minimum atomic E-state index is -0.142. The lowest BCUT2D eigenvalue weighted by molar-refractivity contribution is -0.129. The molecule has 0 aliphatic carbocycles. The second kappa shape index (κ2) is 11.5. The number of anilines is 1. The van der Waals surface area contributed by atoms with Crippen LogP contribution in [-0.4, -0.2) is 68.4 Å². The van der Waals surface area contributed by atoms with Crippen LogP contribution in [0, 0.1) is 0 Å². The van der Waals surface area contributed by atoms with Crippen molar-refractivity contribution in [2.45, 2.75) is 18.1 Å². The number of urea groups is 1. The van der Waals surface area contributed by atoms with Gasteiger partial charge in [0, 0.05) is 44.8 Å². The maximum atomic E-state index is 12.8. The Morgan fingerprint density at radius 2 is 1.59 bits per heavy atom. The SMILES string of the molecule is C=CCn1c(Cc2ccccc2)nnc1SCC(=O)N1CCN(C(=O)Nc2ccccc2)CC1. The minimum absolute atomic E-state index is 0.0332. The van der Waals surface area contributed by atoms with Crippen molar-refractivity contribution in [3.63, 3.8) is 0 Å². The number of nitrogens with one attached hydrogen (secondary N) is 1. The van der Waals surface area contributed by atoms with Crippen LogP contribution in [0.25, 0.3) is 0 Å². The van der Waals surface area contributed by atoms with Gasteiger partial charge in [0.2, 0.25) is 5.91 Å². The number of piperazine rings is 1. The number of hydrogen-bond acceptors (Lipinski definition) is 5. The van der Waals surface area contributed by atoms with Gasteiger partial charge in [0.25, 0.3) is 0 Å². The predicted molar refractivity (Wildman–Crippen MR) is 134 cm³/mol. The molecule has 0 radical (unpaired) electrons. The van der Waals surface area contributed by atoms with Crippen LogP contribution in [0.2, 0.25) is 0 Å². The van der Waals surface area contributed by atoms with Crippen molar-refractivity contribution >= 4 is 29.4 Å². The Bertz CT molecular complexity index is 1110. The first-order valence-corrected chi connectivity index (χ1v) is 12.2. The van der Waals surface area contributed by atoms with Crippen LogP contribution >= 0.6 is 11.8 Å². The van der Waals surface area contributed by atoms with Crippen molar-refractivity contribution in [2.24, 2.45) is 0 Å². The molecule has 176 valence electrons. The van der Waals surface area contributed by atoms with Crippen molar-refractivity contribution in [1.29, 1.82) is 0 Å². The van der Waals surface area contributed by atoms with Gasteiger partial charge in [-0.3, -0.25) is 4.79 Å². The van der Waals surface area contributed by atoms with Gasteiger partial charge in [-0.1, -0.05) is 66.4 Å². The summed E-state index contributed by atoms with van der Waals surface area (Å²) in [6.45, 7) is 6.46. The number of allylic oxidation sites excluding steroid dienone is 1. The highest BCUT2D eigenvalue weighted by molar-refractivity contribution is 7.99. The van der Waals surface area contributed by atoms with Gasteiger partial charge in [-0.05, 0) is 17.7 Å². The minimum Gasteiger partial charge on any atom is -0.338 e. The van der Waals surface area contributed by atoms with Crippen LogP contribution in [-0.2, 0) is 17.8 Å². The number of para-hydroxylation sites is 1. The Kier molecular flexibility index (Phi) is 7.98. The van der Waals surface area contributed by atoms with E-state index < -0.39 is 0 Å². The van der Waals surface area contributed by atoms with E-state index in [2.05, 4.69) is 34.2 Å². The van der Waals surface area contributed by atoms with Crippen LogP contribution in [0.4, 0.5) is 10.5 Å². The van der Waals surface area contributed by atoms with Gasteiger partial charge in [0.05, 0.1) is 5.75 Å². The lowest BCUT2D eigenvalue weighted by atomic mass is 10.1. The summed E-state index contributed by atoms with van der Waals surface area (Å²) in [5.74, 6) is 1.15. The number of rotatable bonds is 8. The lowest BCUT2D eigenvalue weighted by Gasteiger charge is -2.34. The Labute approximate surface area is 203 Å². The first kappa shape index (κ1) is 23.6. The smallest absolute Gasteiger partial charge is 0.321 e. The summed E-state index contributed by atoms with van der Waals surface area (Å²) in [5.41, 5.74) is 1.92. The van der Waals surface area contributed by atoms with Crippen molar-refractivity contribution in [3.05, 3.63) is 84.7 Å². The molecule has 0 spiro atoms. The zero-order valence-corrected chi connectivity index (χ0v) is 19.8. The first-order chi connectivity index (χ1) is 16.6. The molecule has 34 heavy (non-hydrogen) atoms. The lowest BCUT2D eigenvalue weighted by Crippen LogP contribution is -2.52. The number of aromatic nitrogens is 3. The zero-order valence-electron chi connectivity index (χ0n) is 19.0. The molecule has 1 saturated heterocycles. The molecule has 1 fully saturated rings. The molecule has 2 aromatic carbocycles. The van der Waals surface area contributed by atoms with E-state index in [0.717, 1.165) is 17.1 Å². The summed E-state index contributed by atoms with van der Waals surface area (Å²) in [5, 5.41) is 12.3. The average molecular weight is 477 g/mol. The van der Waals surface area contributed by atoms with Gasteiger partial charge in [-0.25, -0.2) is 4.79 Å². The number of carbonyl (C=O) groups is 2. The molecule has 3 aromatic rings. The summed E-state index contributed by atoms with van der Waals surface area (Å²) in [4.78, 5) is 28.8. The fourth-order valence-corrected chi connectivity index (χ4v) is 4.62. The maximum absolute atomic E-state index is 12.8. The molecule has 0 saturated carbocycles. The second-order valence-electron chi connectivity index (χ2n) is 7.91. The van der Waals surface area contributed by atoms with E-state index in [-0.39, 0.29) is 17.7 Å². The Balaban J connectivity index is 1.28. The number of carbonyl (C=O) groups excluding carboxylic acids is 2. The van der Waals surface area contributed by atoms with E-state index in [1.165, 1.54) is 11.8 Å². The number of amides is 3. The molecule has 1 N–H and O–H groups in total. The van der Waals surface area contributed by atoms with Crippen molar-refractivity contribution in [3.8, 4) is 0 Å². The quantitative estimate of drug-likeness (QED) is 0.397. The highest BCUT2D eigenvalue weighted by Gasteiger charge is 2.25. The third-order valence-electron chi connectivity index (χ3n) is 5.58. The topological polar surface area (TPSA) is 83.4 Å². The van der Waals surface area contributed by atoms with Crippen molar-refractivity contribution in [2.75, 3.05) is 37.2 Å². The van der Waals surface area contributed by atoms with E-state index in [4.69, 9.17) is 0 Å². The Hall–Kier alpha value is -3.59. The van der Waals surface area contributed by atoms with E-state index in [9.17, 15) is 9.59 Å². The van der Waals surface area contributed by atoms with Crippen molar-refractivity contribution < 1.29 is 9.59 Å². The Morgan fingerprint density at radius 1 is 0.941 bits per heavy atom. The van der Waals surface area contributed by atoms with Gasteiger partial charge in [-0.15, -0.1) is 16.8 Å². The third kappa shape index (κ3) is 6.05. The molecule has 3 amide bonds. The number of nitrogens with zero attached hydrogens (tertiary/aromatic N) is 5. The van der Waals surface area contributed by atoms with Gasteiger partial charge in [-0.2, -0.15) is 0 Å². The summed E-state index contributed by atoms with van der Waals surface area (Å²) in [6, 6.07) is 19.3. The summed E-state index contributed by atoms with van der Waals surface area (Å²) in [6.07, 6.45) is 2.48. The highest BCUT2D eigenvalue weighted by atomic mass is 32.2. The number of thioether (sulfide) groups is 1. The average Bonchev–Trinajstić information content (AvgIpc) is 3.25. The molecular weight excluding hydrogens is 448 g/mol. The van der Waals surface area contributed by atoms with Crippen LogP contribution < -0.4 is 5.32 Å². The molecule has 2 heterocycles. The molecule has 8 nitrogen and oxygen atoms in total. The molecule has 0 bridgehead atoms. The molecule has 4 rings (SSSR count). The van der Waals surface area contributed by atoms with E-state index in [1.54, 1.807) is 9.80 Å². The second-order valence-corrected chi connectivity index (χ2v) is 8.86. The molecular formula is C25H28N6O2S. The summed E-state index contributed by atoms with van der Waals surface area (Å²) >= 11 is 1.39. The van der Waals surface area contributed by atoms with Crippen LogP contribution in [0.5, 0.6) is 0 Å². The molecule has 9 heteroatoms.